The summed E-state index contributed by atoms with van der Waals surface area (Å²) >= 11 is 0. The fraction of sp³-hybridized carbons (Fsp3) is 0.368. The maximum Gasteiger partial charge on any atom is 0.141 e. The van der Waals surface area contributed by atoms with Crippen molar-refractivity contribution in [1.82, 2.24) is 10.3 Å². The molecule has 0 spiro atoms. The van der Waals surface area contributed by atoms with Gasteiger partial charge in [-0.2, -0.15) is 0 Å². The van der Waals surface area contributed by atoms with E-state index in [2.05, 4.69) is 36.3 Å². The van der Waals surface area contributed by atoms with Gasteiger partial charge < -0.3 is 9.05 Å². The lowest BCUT2D eigenvalue weighted by Gasteiger charge is -2.14. The highest BCUT2D eigenvalue weighted by Crippen LogP contribution is 2.37. The summed E-state index contributed by atoms with van der Waals surface area (Å²) in [5.41, 5.74) is 8.91. The standard InChI is InChI=1S/C19H22N2O2/c1-7-15-8-16(18-11(3)20-22-13(18)5)9-17(10(15)2)19-12(4)21-23-14(19)6/h8-9H,7H2,1-6H3. The Kier molecular flexibility index (Phi) is 3.84. The highest BCUT2D eigenvalue weighted by molar-refractivity contribution is 5.80. The molecule has 0 unspecified atom stereocenters. The van der Waals surface area contributed by atoms with Crippen LogP contribution in [-0.2, 0) is 6.42 Å². The fourth-order valence-electron chi connectivity index (χ4n) is 3.31. The van der Waals surface area contributed by atoms with Crippen LogP contribution < -0.4 is 0 Å². The molecule has 0 aliphatic heterocycles. The molecular formula is C19H22N2O2. The maximum atomic E-state index is 5.38. The Hall–Kier alpha value is -2.36. The number of aryl methyl sites for hydroxylation is 5. The molecule has 0 saturated heterocycles. The van der Waals surface area contributed by atoms with Gasteiger partial charge in [0.15, 0.2) is 0 Å². The Morgan fingerprint density at radius 2 is 1.39 bits per heavy atom. The van der Waals surface area contributed by atoms with E-state index in [4.69, 9.17) is 9.05 Å². The van der Waals surface area contributed by atoms with Crippen molar-refractivity contribution >= 4 is 0 Å². The quantitative estimate of drug-likeness (QED) is 0.675. The van der Waals surface area contributed by atoms with Crippen LogP contribution in [-0.4, -0.2) is 10.3 Å². The van der Waals surface area contributed by atoms with E-state index in [1.807, 2.05) is 27.7 Å². The van der Waals surface area contributed by atoms with Crippen LogP contribution in [0.3, 0.4) is 0 Å². The van der Waals surface area contributed by atoms with Gasteiger partial charge >= 0.3 is 0 Å². The van der Waals surface area contributed by atoms with Crippen LogP contribution in [0, 0.1) is 34.6 Å². The number of hydrogen-bond acceptors (Lipinski definition) is 4. The van der Waals surface area contributed by atoms with Crippen molar-refractivity contribution in [3.8, 4) is 22.3 Å². The minimum absolute atomic E-state index is 0.845. The van der Waals surface area contributed by atoms with E-state index in [-0.39, 0.29) is 0 Å². The van der Waals surface area contributed by atoms with Crippen LogP contribution in [0.1, 0.15) is 41.0 Å². The summed E-state index contributed by atoms with van der Waals surface area (Å²) in [7, 11) is 0. The predicted molar refractivity (Wildman–Crippen MR) is 90.5 cm³/mol. The lowest BCUT2D eigenvalue weighted by molar-refractivity contribution is 0.393. The van der Waals surface area contributed by atoms with Gasteiger partial charge in [0.25, 0.3) is 0 Å². The van der Waals surface area contributed by atoms with Crippen molar-refractivity contribution in [2.45, 2.75) is 48.0 Å². The summed E-state index contributed by atoms with van der Waals surface area (Å²) in [6, 6.07) is 4.44. The summed E-state index contributed by atoms with van der Waals surface area (Å²) in [5.74, 6) is 1.70. The Morgan fingerprint density at radius 3 is 1.87 bits per heavy atom. The van der Waals surface area contributed by atoms with Gasteiger partial charge in [-0.25, -0.2) is 0 Å². The van der Waals surface area contributed by atoms with Crippen molar-refractivity contribution in [3.63, 3.8) is 0 Å². The zero-order valence-electron chi connectivity index (χ0n) is 14.6. The lowest BCUT2D eigenvalue weighted by atomic mass is 9.89. The van der Waals surface area contributed by atoms with E-state index in [9.17, 15) is 0 Å². The second-order valence-corrected chi connectivity index (χ2v) is 6.06. The van der Waals surface area contributed by atoms with Crippen molar-refractivity contribution < 1.29 is 9.05 Å². The summed E-state index contributed by atoms with van der Waals surface area (Å²) in [6.45, 7) is 12.2. The molecule has 23 heavy (non-hydrogen) atoms. The molecule has 0 aliphatic carbocycles. The molecular weight excluding hydrogens is 288 g/mol. The van der Waals surface area contributed by atoms with Crippen molar-refractivity contribution in [2.24, 2.45) is 0 Å². The van der Waals surface area contributed by atoms with Crippen LogP contribution >= 0.6 is 0 Å². The fourth-order valence-corrected chi connectivity index (χ4v) is 3.31. The third-order valence-electron chi connectivity index (χ3n) is 4.52. The summed E-state index contributed by atoms with van der Waals surface area (Å²) in [6.07, 6.45) is 0.972. The van der Waals surface area contributed by atoms with Gasteiger partial charge in [0.05, 0.1) is 11.4 Å². The molecule has 3 aromatic rings. The first-order valence-electron chi connectivity index (χ1n) is 7.94. The van der Waals surface area contributed by atoms with Crippen LogP contribution in [0.5, 0.6) is 0 Å². The monoisotopic (exact) mass is 310 g/mol. The van der Waals surface area contributed by atoms with Gasteiger partial charge in [-0.3, -0.25) is 0 Å². The minimum Gasteiger partial charge on any atom is -0.361 e. The predicted octanol–water partition coefficient (Wildman–Crippen LogP) is 5.10. The molecule has 0 fully saturated rings. The zero-order valence-corrected chi connectivity index (χ0v) is 14.6. The third-order valence-corrected chi connectivity index (χ3v) is 4.52. The molecule has 0 aliphatic rings. The number of hydrogen-bond donors (Lipinski definition) is 0. The van der Waals surface area contributed by atoms with E-state index in [0.717, 1.165) is 46.0 Å². The number of rotatable bonds is 3. The number of aromatic nitrogens is 2. The average Bonchev–Trinajstić information content (AvgIpc) is 3.02. The number of benzene rings is 1. The van der Waals surface area contributed by atoms with Gasteiger partial charge in [0, 0.05) is 11.1 Å². The summed E-state index contributed by atoms with van der Waals surface area (Å²) < 4.78 is 10.7. The van der Waals surface area contributed by atoms with Gasteiger partial charge in [0.1, 0.15) is 11.5 Å². The molecule has 0 atom stereocenters. The highest BCUT2D eigenvalue weighted by Gasteiger charge is 2.19. The number of nitrogens with zero attached hydrogens (tertiary/aromatic N) is 2. The van der Waals surface area contributed by atoms with Crippen LogP contribution in [0.4, 0.5) is 0 Å². The van der Waals surface area contributed by atoms with Crippen molar-refractivity contribution in [1.29, 1.82) is 0 Å². The van der Waals surface area contributed by atoms with Crippen molar-refractivity contribution in [3.05, 3.63) is 46.2 Å². The molecule has 4 heteroatoms. The van der Waals surface area contributed by atoms with E-state index in [1.165, 1.54) is 16.7 Å². The normalized spacial score (nSPS) is 11.2. The molecule has 1 aromatic carbocycles. The smallest absolute Gasteiger partial charge is 0.141 e. The van der Waals surface area contributed by atoms with E-state index in [0.29, 0.717) is 0 Å². The molecule has 0 saturated carbocycles. The van der Waals surface area contributed by atoms with Gasteiger partial charge in [-0.05, 0) is 69.4 Å². The van der Waals surface area contributed by atoms with E-state index < -0.39 is 0 Å². The second-order valence-electron chi connectivity index (χ2n) is 6.06. The lowest BCUT2D eigenvalue weighted by Crippen LogP contribution is -1.95. The third kappa shape index (κ3) is 2.48. The average molecular weight is 310 g/mol. The van der Waals surface area contributed by atoms with Gasteiger partial charge in [0.2, 0.25) is 0 Å². The Balaban J connectivity index is 2.31. The van der Waals surface area contributed by atoms with Gasteiger partial charge in [-0.15, -0.1) is 0 Å². The minimum atomic E-state index is 0.845. The molecule has 0 radical (unpaired) electrons. The Bertz CT molecular complexity index is 833. The summed E-state index contributed by atoms with van der Waals surface area (Å²) in [4.78, 5) is 0. The molecule has 3 rings (SSSR count). The molecule has 2 heterocycles. The second kappa shape index (κ2) is 5.69. The first-order valence-corrected chi connectivity index (χ1v) is 7.94. The molecule has 0 bridgehead atoms. The first-order chi connectivity index (χ1) is 10.9. The zero-order chi connectivity index (χ0) is 16.7. The van der Waals surface area contributed by atoms with Gasteiger partial charge in [-0.1, -0.05) is 23.3 Å². The van der Waals surface area contributed by atoms with Crippen molar-refractivity contribution in [2.75, 3.05) is 0 Å². The molecule has 0 amide bonds. The molecule has 4 nitrogen and oxygen atoms in total. The summed E-state index contributed by atoms with van der Waals surface area (Å²) in [5, 5.41) is 8.20. The van der Waals surface area contributed by atoms with E-state index in [1.54, 1.807) is 0 Å². The largest absolute Gasteiger partial charge is 0.361 e. The Morgan fingerprint density at radius 1 is 0.826 bits per heavy atom. The molecule has 2 aromatic heterocycles. The van der Waals surface area contributed by atoms with Crippen LogP contribution in [0.2, 0.25) is 0 Å². The molecule has 120 valence electrons. The topological polar surface area (TPSA) is 52.1 Å². The maximum absolute atomic E-state index is 5.38. The SMILES string of the molecule is CCc1cc(-c2c(C)noc2C)cc(-c2c(C)noc2C)c1C. The van der Waals surface area contributed by atoms with Crippen LogP contribution in [0.25, 0.3) is 22.3 Å². The van der Waals surface area contributed by atoms with Crippen LogP contribution in [0.15, 0.2) is 21.2 Å². The molecule has 0 N–H and O–H groups in total. The highest BCUT2D eigenvalue weighted by atomic mass is 16.5. The van der Waals surface area contributed by atoms with E-state index >= 15 is 0 Å². The Labute approximate surface area is 136 Å². The first kappa shape index (κ1) is 15.5.